The zero-order chi connectivity index (χ0) is 26.2. The lowest BCUT2D eigenvalue weighted by atomic mass is 9.47. The standard InChI is InChI=1S/C33H25ClN2O2/c1-19-11-16-27(20(2)17-19)36-31(37)29-28-23-7-3-5-9-25(23)33(30(29)32(36)38,26-10-6-4-8-24(26)28)18-35-22-14-12-21(34)13-15-22/h3-18,28-30H,1-2H3/t28?,29-,30+,33?/m0/s1. The first-order chi connectivity index (χ1) is 18.4. The van der Waals surface area contributed by atoms with Crippen LogP contribution in [0, 0.1) is 25.7 Å². The summed E-state index contributed by atoms with van der Waals surface area (Å²) < 4.78 is 0. The quantitative estimate of drug-likeness (QED) is 0.219. The summed E-state index contributed by atoms with van der Waals surface area (Å²) in [4.78, 5) is 35.1. The normalized spacial score (nSPS) is 25.0. The molecule has 4 nitrogen and oxygen atoms in total. The number of anilines is 1. The molecule has 0 aromatic heterocycles. The molecule has 0 saturated carbocycles. The molecular weight excluding hydrogens is 492 g/mol. The molecule has 4 aliphatic rings. The van der Waals surface area contributed by atoms with E-state index in [1.165, 1.54) is 4.90 Å². The summed E-state index contributed by atoms with van der Waals surface area (Å²) >= 11 is 6.12. The van der Waals surface area contributed by atoms with E-state index in [0.717, 1.165) is 39.1 Å². The summed E-state index contributed by atoms with van der Waals surface area (Å²) in [6.07, 6.45) is 1.91. The lowest BCUT2D eigenvalue weighted by Gasteiger charge is -2.52. The van der Waals surface area contributed by atoms with Gasteiger partial charge in [0.1, 0.15) is 0 Å². The second kappa shape index (κ2) is 8.24. The molecule has 1 aliphatic heterocycles. The van der Waals surface area contributed by atoms with Crippen LogP contribution >= 0.6 is 11.6 Å². The maximum Gasteiger partial charge on any atom is 0.239 e. The van der Waals surface area contributed by atoms with Crippen molar-refractivity contribution >= 4 is 41.0 Å². The third-order valence-corrected chi connectivity index (χ3v) is 8.77. The van der Waals surface area contributed by atoms with E-state index in [1.54, 1.807) is 12.1 Å². The maximum absolute atomic E-state index is 14.5. The van der Waals surface area contributed by atoms with Crippen LogP contribution in [0.5, 0.6) is 0 Å². The van der Waals surface area contributed by atoms with Crippen LogP contribution in [0.3, 0.4) is 0 Å². The van der Waals surface area contributed by atoms with Crippen molar-refractivity contribution in [2.45, 2.75) is 25.2 Å². The molecule has 1 fully saturated rings. The molecule has 8 rings (SSSR count). The molecule has 1 heterocycles. The number of imide groups is 1. The Morgan fingerprint density at radius 1 is 0.816 bits per heavy atom. The molecule has 4 aromatic rings. The average molecular weight is 517 g/mol. The number of halogens is 1. The smallest absolute Gasteiger partial charge is 0.239 e. The van der Waals surface area contributed by atoms with Gasteiger partial charge < -0.3 is 0 Å². The third kappa shape index (κ3) is 3.01. The summed E-state index contributed by atoms with van der Waals surface area (Å²) in [5, 5.41) is 0.636. The Morgan fingerprint density at radius 2 is 1.45 bits per heavy atom. The molecule has 4 aromatic carbocycles. The summed E-state index contributed by atoms with van der Waals surface area (Å²) in [7, 11) is 0. The minimum Gasteiger partial charge on any atom is -0.274 e. The van der Waals surface area contributed by atoms with Gasteiger partial charge >= 0.3 is 0 Å². The lowest BCUT2D eigenvalue weighted by Crippen LogP contribution is -2.54. The lowest BCUT2D eigenvalue weighted by molar-refractivity contribution is -0.122. The van der Waals surface area contributed by atoms with E-state index in [0.29, 0.717) is 10.7 Å². The number of hydrogen-bond donors (Lipinski definition) is 0. The van der Waals surface area contributed by atoms with Crippen molar-refractivity contribution in [1.29, 1.82) is 0 Å². The van der Waals surface area contributed by atoms with Crippen molar-refractivity contribution in [3.05, 3.63) is 129 Å². The van der Waals surface area contributed by atoms with E-state index < -0.39 is 17.3 Å². The van der Waals surface area contributed by atoms with E-state index in [-0.39, 0.29) is 17.7 Å². The van der Waals surface area contributed by atoms with Gasteiger partial charge in [-0.2, -0.15) is 0 Å². The van der Waals surface area contributed by atoms with E-state index in [4.69, 9.17) is 16.6 Å². The van der Waals surface area contributed by atoms with Gasteiger partial charge in [-0.25, -0.2) is 4.90 Å². The van der Waals surface area contributed by atoms with Crippen molar-refractivity contribution in [3.8, 4) is 0 Å². The first-order valence-electron chi connectivity index (χ1n) is 12.9. The highest BCUT2D eigenvalue weighted by atomic mass is 35.5. The van der Waals surface area contributed by atoms with E-state index in [1.807, 2.05) is 74.7 Å². The molecule has 5 heteroatoms. The van der Waals surface area contributed by atoms with Crippen LogP contribution in [0.1, 0.15) is 39.3 Å². The van der Waals surface area contributed by atoms with E-state index in [9.17, 15) is 9.59 Å². The van der Waals surface area contributed by atoms with Gasteiger partial charge in [-0.3, -0.25) is 14.6 Å². The molecule has 0 spiro atoms. The Morgan fingerprint density at radius 3 is 2.08 bits per heavy atom. The number of hydrogen-bond acceptors (Lipinski definition) is 3. The maximum atomic E-state index is 14.5. The van der Waals surface area contributed by atoms with Gasteiger partial charge in [0.15, 0.2) is 0 Å². The monoisotopic (exact) mass is 516 g/mol. The fraction of sp³-hybridized carbons (Fsp3) is 0.182. The van der Waals surface area contributed by atoms with Crippen LogP contribution in [0.25, 0.3) is 0 Å². The number of rotatable bonds is 3. The molecule has 1 saturated heterocycles. The Labute approximate surface area is 226 Å². The molecule has 0 unspecified atom stereocenters. The fourth-order valence-electron chi connectivity index (χ4n) is 7.05. The van der Waals surface area contributed by atoms with Crippen LogP contribution in [0.15, 0.2) is 96.0 Å². The predicted molar refractivity (Wildman–Crippen MR) is 150 cm³/mol. The van der Waals surface area contributed by atoms with Crippen LogP contribution in [0.4, 0.5) is 11.4 Å². The minimum atomic E-state index is -0.883. The largest absolute Gasteiger partial charge is 0.274 e. The second-order valence-corrected chi connectivity index (χ2v) is 11.0. The van der Waals surface area contributed by atoms with Gasteiger partial charge in [-0.05, 0) is 72.0 Å². The Bertz CT molecular complexity index is 1630. The molecule has 0 radical (unpaired) electrons. The number of aryl methyl sites for hydroxylation is 2. The molecule has 2 atom stereocenters. The zero-order valence-electron chi connectivity index (χ0n) is 21.1. The highest BCUT2D eigenvalue weighted by Crippen LogP contribution is 2.63. The van der Waals surface area contributed by atoms with Gasteiger partial charge in [0, 0.05) is 17.2 Å². The second-order valence-electron chi connectivity index (χ2n) is 10.6. The molecule has 2 bridgehead atoms. The number of amides is 2. The summed E-state index contributed by atoms with van der Waals surface area (Å²) in [6, 6.07) is 29.7. The topological polar surface area (TPSA) is 49.7 Å². The summed E-state index contributed by atoms with van der Waals surface area (Å²) in [5.74, 6) is -1.59. The molecule has 0 N–H and O–H groups in total. The van der Waals surface area contributed by atoms with Gasteiger partial charge in [0.25, 0.3) is 0 Å². The highest BCUT2D eigenvalue weighted by molar-refractivity contribution is 6.30. The predicted octanol–water partition coefficient (Wildman–Crippen LogP) is 6.91. The Kier molecular flexibility index (Phi) is 5.01. The van der Waals surface area contributed by atoms with Gasteiger partial charge in [-0.15, -0.1) is 0 Å². The van der Waals surface area contributed by atoms with E-state index in [2.05, 4.69) is 24.3 Å². The first kappa shape index (κ1) is 23.1. The van der Waals surface area contributed by atoms with Gasteiger partial charge in [0.05, 0.1) is 28.6 Å². The molecular formula is C33H25ClN2O2. The van der Waals surface area contributed by atoms with E-state index >= 15 is 0 Å². The number of carbonyl (C=O) groups is 2. The van der Waals surface area contributed by atoms with Crippen LogP contribution in [-0.2, 0) is 15.0 Å². The van der Waals surface area contributed by atoms with Crippen molar-refractivity contribution < 1.29 is 9.59 Å². The first-order valence-corrected chi connectivity index (χ1v) is 13.2. The average Bonchev–Trinajstić information content (AvgIpc) is 3.19. The SMILES string of the molecule is Cc1ccc(N2C(=O)[C@H]3C4c5ccccc5C(C=Nc5ccc(Cl)cc5)(c5ccccc54)[C@H]3C2=O)c(C)c1. The van der Waals surface area contributed by atoms with Crippen LogP contribution in [-0.4, -0.2) is 18.0 Å². The Hall–Kier alpha value is -4.02. The number of benzene rings is 4. The molecule has 2 amide bonds. The van der Waals surface area contributed by atoms with Crippen molar-refractivity contribution in [1.82, 2.24) is 0 Å². The third-order valence-electron chi connectivity index (χ3n) is 8.52. The molecule has 186 valence electrons. The molecule has 3 aliphatic carbocycles. The molecule has 38 heavy (non-hydrogen) atoms. The van der Waals surface area contributed by atoms with Gasteiger partial charge in [0.2, 0.25) is 11.8 Å². The van der Waals surface area contributed by atoms with Gasteiger partial charge in [-0.1, -0.05) is 77.8 Å². The number of aliphatic imine (C=N–C) groups is 1. The Balaban J connectivity index is 1.50. The number of nitrogens with zero attached hydrogens (tertiary/aromatic N) is 2. The van der Waals surface area contributed by atoms with Crippen LogP contribution < -0.4 is 4.90 Å². The number of carbonyl (C=O) groups excluding carboxylic acids is 2. The highest BCUT2D eigenvalue weighted by Gasteiger charge is 2.68. The van der Waals surface area contributed by atoms with Crippen molar-refractivity contribution in [3.63, 3.8) is 0 Å². The fourth-order valence-corrected chi connectivity index (χ4v) is 7.17. The van der Waals surface area contributed by atoms with Crippen molar-refractivity contribution in [2.24, 2.45) is 16.8 Å². The van der Waals surface area contributed by atoms with Crippen LogP contribution in [0.2, 0.25) is 5.02 Å². The summed E-state index contributed by atoms with van der Waals surface area (Å²) in [6.45, 7) is 3.97. The summed E-state index contributed by atoms with van der Waals surface area (Å²) in [5.41, 5.74) is 6.82. The van der Waals surface area contributed by atoms with Crippen molar-refractivity contribution in [2.75, 3.05) is 4.90 Å². The zero-order valence-corrected chi connectivity index (χ0v) is 21.8. The minimum absolute atomic E-state index is 0.134.